The summed E-state index contributed by atoms with van der Waals surface area (Å²) < 4.78 is 5.70. The first-order valence-corrected chi connectivity index (χ1v) is 7.59. The Morgan fingerprint density at radius 3 is 3.05 bits per heavy atom. The SMILES string of the molecule is COC(=O)CCc1csc(Cc2cccc(Br)c2)n1. The lowest BCUT2D eigenvalue weighted by Gasteiger charge is -1.99. The number of esters is 1. The number of aryl methyl sites for hydroxylation is 1. The van der Waals surface area contributed by atoms with Crippen LogP contribution in [0.4, 0.5) is 0 Å². The lowest BCUT2D eigenvalue weighted by atomic mass is 10.2. The smallest absolute Gasteiger partial charge is 0.305 e. The number of carbonyl (C=O) groups excluding carboxylic acids is 1. The Bertz CT molecular complexity index is 568. The van der Waals surface area contributed by atoms with E-state index < -0.39 is 0 Å². The Morgan fingerprint density at radius 2 is 2.32 bits per heavy atom. The van der Waals surface area contributed by atoms with Crippen molar-refractivity contribution in [3.63, 3.8) is 0 Å². The van der Waals surface area contributed by atoms with Crippen molar-refractivity contribution in [1.29, 1.82) is 0 Å². The molecule has 0 aliphatic heterocycles. The van der Waals surface area contributed by atoms with E-state index in [1.54, 1.807) is 11.3 Å². The van der Waals surface area contributed by atoms with Crippen LogP contribution in [0.25, 0.3) is 0 Å². The monoisotopic (exact) mass is 339 g/mol. The zero-order chi connectivity index (χ0) is 13.7. The minimum Gasteiger partial charge on any atom is -0.469 e. The van der Waals surface area contributed by atoms with Crippen LogP contribution in [-0.4, -0.2) is 18.1 Å². The van der Waals surface area contributed by atoms with Crippen LogP contribution in [-0.2, 0) is 22.4 Å². The molecule has 0 saturated heterocycles. The Balaban J connectivity index is 1.95. The number of hydrogen-bond donors (Lipinski definition) is 0. The van der Waals surface area contributed by atoms with Crippen molar-refractivity contribution >= 4 is 33.2 Å². The van der Waals surface area contributed by atoms with Crippen LogP contribution in [0.1, 0.15) is 22.7 Å². The fourth-order valence-corrected chi connectivity index (χ4v) is 3.01. The topological polar surface area (TPSA) is 39.2 Å². The molecule has 2 aromatic rings. The molecule has 0 amide bonds. The predicted octanol–water partition coefficient (Wildman–Crippen LogP) is 3.60. The molecule has 100 valence electrons. The van der Waals surface area contributed by atoms with Gasteiger partial charge in [0.15, 0.2) is 0 Å². The third-order valence-electron chi connectivity index (χ3n) is 2.66. The maximum Gasteiger partial charge on any atom is 0.305 e. The highest BCUT2D eigenvalue weighted by molar-refractivity contribution is 9.10. The quantitative estimate of drug-likeness (QED) is 0.781. The second-order valence-corrected chi connectivity index (χ2v) is 5.97. The number of carbonyl (C=O) groups is 1. The van der Waals surface area contributed by atoms with Gasteiger partial charge in [-0.2, -0.15) is 0 Å². The van der Waals surface area contributed by atoms with E-state index in [0.717, 1.165) is 21.6 Å². The fourth-order valence-electron chi connectivity index (χ4n) is 1.70. The molecule has 19 heavy (non-hydrogen) atoms. The van der Waals surface area contributed by atoms with Crippen LogP contribution in [0.2, 0.25) is 0 Å². The van der Waals surface area contributed by atoms with Gasteiger partial charge in [-0.05, 0) is 17.7 Å². The van der Waals surface area contributed by atoms with Gasteiger partial charge >= 0.3 is 5.97 Å². The molecule has 0 unspecified atom stereocenters. The van der Waals surface area contributed by atoms with E-state index in [9.17, 15) is 4.79 Å². The Morgan fingerprint density at radius 1 is 1.47 bits per heavy atom. The Hall–Kier alpha value is -1.20. The fraction of sp³-hybridized carbons (Fsp3) is 0.286. The van der Waals surface area contributed by atoms with E-state index >= 15 is 0 Å². The molecule has 0 aliphatic carbocycles. The zero-order valence-corrected chi connectivity index (χ0v) is 13.0. The third-order valence-corrected chi connectivity index (χ3v) is 4.05. The second-order valence-electron chi connectivity index (χ2n) is 4.12. The maximum absolute atomic E-state index is 11.1. The van der Waals surface area contributed by atoms with Crippen molar-refractivity contribution in [2.75, 3.05) is 7.11 Å². The standard InChI is InChI=1S/C14H14BrNO2S/c1-18-14(17)6-5-12-9-19-13(16-12)8-10-3-2-4-11(15)7-10/h2-4,7,9H,5-6,8H2,1H3. The summed E-state index contributed by atoms with van der Waals surface area (Å²) in [6.45, 7) is 0. The summed E-state index contributed by atoms with van der Waals surface area (Å²) in [7, 11) is 1.40. The molecule has 1 aromatic carbocycles. The number of methoxy groups -OCH3 is 1. The van der Waals surface area contributed by atoms with Gasteiger partial charge in [0, 0.05) is 22.7 Å². The van der Waals surface area contributed by atoms with Crippen LogP contribution in [0.3, 0.4) is 0 Å². The van der Waals surface area contributed by atoms with E-state index in [0.29, 0.717) is 12.8 Å². The van der Waals surface area contributed by atoms with E-state index in [4.69, 9.17) is 0 Å². The van der Waals surface area contributed by atoms with Crippen LogP contribution in [0, 0.1) is 0 Å². The van der Waals surface area contributed by atoms with E-state index in [1.165, 1.54) is 12.7 Å². The van der Waals surface area contributed by atoms with Gasteiger partial charge in [-0.15, -0.1) is 11.3 Å². The lowest BCUT2D eigenvalue weighted by Crippen LogP contribution is -2.02. The van der Waals surface area contributed by atoms with Crippen LogP contribution >= 0.6 is 27.3 Å². The lowest BCUT2D eigenvalue weighted by molar-refractivity contribution is -0.140. The zero-order valence-electron chi connectivity index (χ0n) is 10.6. The largest absolute Gasteiger partial charge is 0.469 e. The molecule has 5 heteroatoms. The van der Waals surface area contributed by atoms with Gasteiger partial charge in [-0.3, -0.25) is 4.79 Å². The molecule has 0 bridgehead atoms. The first-order chi connectivity index (χ1) is 9.17. The summed E-state index contributed by atoms with van der Waals surface area (Å²) in [6, 6.07) is 8.20. The first-order valence-electron chi connectivity index (χ1n) is 5.92. The minimum absolute atomic E-state index is 0.193. The summed E-state index contributed by atoms with van der Waals surface area (Å²) in [5.74, 6) is -0.193. The summed E-state index contributed by atoms with van der Waals surface area (Å²) in [5, 5.41) is 3.08. The van der Waals surface area contributed by atoms with Gasteiger partial charge < -0.3 is 4.74 Å². The Labute approximate surface area is 124 Å². The van der Waals surface area contributed by atoms with Crippen molar-refractivity contribution in [3.8, 4) is 0 Å². The molecule has 3 nitrogen and oxygen atoms in total. The summed E-state index contributed by atoms with van der Waals surface area (Å²) in [5.41, 5.74) is 2.18. The van der Waals surface area contributed by atoms with E-state index in [-0.39, 0.29) is 5.97 Å². The highest BCUT2D eigenvalue weighted by atomic mass is 79.9. The molecular weight excluding hydrogens is 326 g/mol. The minimum atomic E-state index is -0.193. The highest BCUT2D eigenvalue weighted by Gasteiger charge is 2.06. The molecule has 0 spiro atoms. The van der Waals surface area contributed by atoms with Gasteiger partial charge in [0.05, 0.1) is 24.2 Å². The molecular formula is C14H14BrNO2S. The Kier molecular flexibility index (Phi) is 5.10. The molecule has 0 radical (unpaired) electrons. The normalized spacial score (nSPS) is 10.4. The van der Waals surface area contributed by atoms with Gasteiger partial charge in [0.1, 0.15) is 0 Å². The van der Waals surface area contributed by atoms with Crippen molar-refractivity contribution in [1.82, 2.24) is 4.98 Å². The average molecular weight is 340 g/mol. The van der Waals surface area contributed by atoms with Crippen molar-refractivity contribution in [3.05, 3.63) is 50.4 Å². The molecule has 0 fully saturated rings. The van der Waals surface area contributed by atoms with Crippen molar-refractivity contribution in [2.45, 2.75) is 19.3 Å². The van der Waals surface area contributed by atoms with Gasteiger partial charge in [0.2, 0.25) is 0 Å². The van der Waals surface area contributed by atoms with Gasteiger partial charge in [-0.25, -0.2) is 4.98 Å². The maximum atomic E-state index is 11.1. The first kappa shape index (κ1) is 14.2. The van der Waals surface area contributed by atoms with Crippen LogP contribution in [0.5, 0.6) is 0 Å². The number of nitrogens with zero attached hydrogens (tertiary/aromatic N) is 1. The number of rotatable bonds is 5. The van der Waals surface area contributed by atoms with E-state index in [1.807, 2.05) is 17.5 Å². The molecule has 0 atom stereocenters. The third kappa shape index (κ3) is 4.44. The van der Waals surface area contributed by atoms with Crippen molar-refractivity contribution in [2.24, 2.45) is 0 Å². The van der Waals surface area contributed by atoms with Crippen molar-refractivity contribution < 1.29 is 9.53 Å². The summed E-state index contributed by atoms with van der Waals surface area (Å²) in [4.78, 5) is 15.6. The molecule has 1 heterocycles. The van der Waals surface area contributed by atoms with Gasteiger partial charge in [-0.1, -0.05) is 28.1 Å². The molecule has 0 aliphatic rings. The summed E-state index contributed by atoms with van der Waals surface area (Å²) in [6.07, 6.45) is 1.85. The van der Waals surface area contributed by atoms with E-state index in [2.05, 4.69) is 37.8 Å². The van der Waals surface area contributed by atoms with Gasteiger partial charge in [0.25, 0.3) is 0 Å². The number of hydrogen-bond acceptors (Lipinski definition) is 4. The number of thiazole rings is 1. The average Bonchev–Trinajstić information content (AvgIpc) is 2.83. The second kappa shape index (κ2) is 6.82. The highest BCUT2D eigenvalue weighted by Crippen LogP contribution is 2.18. The summed E-state index contributed by atoms with van der Waals surface area (Å²) >= 11 is 5.09. The number of ether oxygens (including phenoxy) is 1. The number of benzene rings is 1. The molecule has 1 aromatic heterocycles. The number of aromatic nitrogens is 1. The van der Waals surface area contributed by atoms with Crippen LogP contribution < -0.4 is 0 Å². The molecule has 2 rings (SSSR count). The predicted molar refractivity (Wildman–Crippen MR) is 79.4 cm³/mol. The molecule has 0 saturated carbocycles. The molecule has 0 N–H and O–H groups in total. The number of halogens is 1. The van der Waals surface area contributed by atoms with Crippen LogP contribution in [0.15, 0.2) is 34.1 Å².